The van der Waals surface area contributed by atoms with E-state index in [1.165, 1.54) is 109 Å². The van der Waals surface area contributed by atoms with Gasteiger partial charge in [0.25, 0.3) is 0 Å². The van der Waals surface area contributed by atoms with Crippen LogP contribution in [0, 0.1) is 0 Å². The standard InChI is InChI=1S/C58H38/c1-2-15-39(16-3-1)31-32-40-17-12-22-43(37-40)47-35-36-48(50-26-9-8-25-49(47)50)44-33-34-55-56(38-44)58(52-30-14-21-42-19-5-7-24-46(42)52)54-28-11-10-27-53(54)57(55)51-29-13-20-41-18-4-6-23-45(41)51/h1-38H/b32-31+. The monoisotopic (exact) mass is 734 g/mol. The smallest absolute Gasteiger partial charge is 0.00199 e. The summed E-state index contributed by atoms with van der Waals surface area (Å²) in [5.41, 5.74) is 12.3. The van der Waals surface area contributed by atoms with E-state index in [9.17, 15) is 0 Å². The molecule has 0 aromatic heterocycles. The highest BCUT2D eigenvalue weighted by Gasteiger charge is 2.20. The van der Waals surface area contributed by atoms with Gasteiger partial charge >= 0.3 is 0 Å². The summed E-state index contributed by atoms with van der Waals surface area (Å²) in [4.78, 5) is 0. The van der Waals surface area contributed by atoms with Crippen molar-refractivity contribution >= 4 is 66.0 Å². The van der Waals surface area contributed by atoms with Gasteiger partial charge in [-0.3, -0.25) is 0 Å². The molecule has 0 saturated carbocycles. The third-order valence-electron chi connectivity index (χ3n) is 11.8. The molecule has 0 bridgehead atoms. The molecule has 0 unspecified atom stereocenters. The van der Waals surface area contributed by atoms with E-state index in [2.05, 4.69) is 231 Å². The number of benzene rings is 11. The summed E-state index contributed by atoms with van der Waals surface area (Å²) in [5.74, 6) is 0. The number of fused-ring (bicyclic) bond motifs is 5. The van der Waals surface area contributed by atoms with Gasteiger partial charge < -0.3 is 0 Å². The molecule has 0 amide bonds. The predicted octanol–water partition coefficient (Wildman–Crippen LogP) is 16.3. The molecule has 0 aliphatic carbocycles. The summed E-state index contributed by atoms with van der Waals surface area (Å²) < 4.78 is 0. The van der Waals surface area contributed by atoms with Crippen molar-refractivity contribution < 1.29 is 0 Å². The Kier molecular flexibility index (Phi) is 8.26. The lowest BCUT2D eigenvalue weighted by Gasteiger charge is -2.21. The zero-order valence-electron chi connectivity index (χ0n) is 31.9. The van der Waals surface area contributed by atoms with E-state index in [0.29, 0.717) is 0 Å². The lowest BCUT2D eigenvalue weighted by atomic mass is 9.82. The zero-order valence-corrected chi connectivity index (χ0v) is 31.9. The van der Waals surface area contributed by atoms with Crippen molar-refractivity contribution in [1.82, 2.24) is 0 Å². The Labute approximate surface area is 338 Å². The SMILES string of the molecule is C(=C\c1cccc(-c2ccc(-c3ccc4c(-c5cccc6ccccc56)c5ccccc5c(-c5cccc6ccccc56)c4c3)c3ccccc23)c1)/c1ccccc1. The lowest BCUT2D eigenvalue weighted by Crippen LogP contribution is -1.93. The van der Waals surface area contributed by atoms with E-state index < -0.39 is 0 Å². The van der Waals surface area contributed by atoms with Gasteiger partial charge in [-0.25, -0.2) is 0 Å². The number of hydrogen-bond donors (Lipinski definition) is 0. The van der Waals surface area contributed by atoms with Gasteiger partial charge in [0.05, 0.1) is 0 Å². The van der Waals surface area contributed by atoms with Crippen molar-refractivity contribution in [3.63, 3.8) is 0 Å². The molecule has 0 heteroatoms. The third kappa shape index (κ3) is 5.78. The fraction of sp³-hybridized carbons (Fsp3) is 0. The van der Waals surface area contributed by atoms with Gasteiger partial charge in [-0.2, -0.15) is 0 Å². The average molecular weight is 735 g/mol. The first-order valence-electron chi connectivity index (χ1n) is 20.1. The molecule has 0 N–H and O–H groups in total. The summed E-state index contributed by atoms with van der Waals surface area (Å²) in [6.45, 7) is 0. The molecule has 0 saturated heterocycles. The first kappa shape index (κ1) is 33.8. The van der Waals surface area contributed by atoms with E-state index in [1.54, 1.807) is 0 Å². The van der Waals surface area contributed by atoms with Crippen LogP contribution in [0.1, 0.15) is 11.1 Å². The minimum atomic E-state index is 1.18. The molecule has 0 aliphatic heterocycles. The van der Waals surface area contributed by atoms with Crippen LogP contribution in [0.15, 0.2) is 218 Å². The molecular formula is C58H38. The molecular weight excluding hydrogens is 697 g/mol. The molecule has 0 fully saturated rings. The molecule has 11 aromatic rings. The molecule has 58 heavy (non-hydrogen) atoms. The Morgan fingerprint density at radius 1 is 0.224 bits per heavy atom. The Bertz CT molecular complexity index is 3370. The Hall–Kier alpha value is -7.54. The highest BCUT2D eigenvalue weighted by molar-refractivity contribution is 6.26. The average Bonchev–Trinajstić information content (AvgIpc) is 3.30. The minimum absolute atomic E-state index is 1.18. The highest BCUT2D eigenvalue weighted by Crippen LogP contribution is 2.48. The summed E-state index contributed by atoms with van der Waals surface area (Å²) in [7, 11) is 0. The largest absolute Gasteiger partial charge is 0.0622 e. The Balaban J connectivity index is 1.16. The fourth-order valence-corrected chi connectivity index (χ4v) is 9.18. The quantitative estimate of drug-likeness (QED) is 0.118. The molecule has 270 valence electrons. The van der Waals surface area contributed by atoms with Crippen LogP contribution in [0.25, 0.3) is 111 Å². The molecule has 0 radical (unpaired) electrons. The van der Waals surface area contributed by atoms with Gasteiger partial charge in [0, 0.05) is 0 Å². The summed E-state index contributed by atoms with van der Waals surface area (Å²) in [6, 6.07) is 80.1. The second-order valence-electron chi connectivity index (χ2n) is 15.2. The number of rotatable bonds is 6. The zero-order chi connectivity index (χ0) is 38.4. The van der Waals surface area contributed by atoms with Gasteiger partial charge in [0.2, 0.25) is 0 Å². The maximum atomic E-state index is 2.46. The van der Waals surface area contributed by atoms with E-state index in [1.807, 2.05) is 0 Å². The van der Waals surface area contributed by atoms with Gasteiger partial charge in [0.1, 0.15) is 0 Å². The first-order chi connectivity index (χ1) is 28.8. The van der Waals surface area contributed by atoms with Crippen molar-refractivity contribution in [2.75, 3.05) is 0 Å². The predicted molar refractivity (Wildman–Crippen MR) is 251 cm³/mol. The molecule has 0 atom stereocenters. The van der Waals surface area contributed by atoms with Crippen LogP contribution in [0.4, 0.5) is 0 Å². The van der Waals surface area contributed by atoms with Gasteiger partial charge in [0.15, 0.2) is 0 Å². The van der Waals surface area contributed by atoms with Crippen LogP contribution < -0.4 is 0 Å². The Morgan fingerprint density at radius 2 is 0.655 bits per heavy atom. The summed E-state index contributed by atoms with van der Waals surface area (Å²) in [5, 5.41) is 12.5. The normalized spacial score (nSPS) is 11.7. The van der Waals surface area contributed by atoms with Gasteiger partial charge in [-0.15, -0.1) is 0 Å². The van der Waals surface area contributed by atoms with Crippen LogP contribution in [-0.2, 0) is 0 Å². The maximum absolute atomic E-state index is 2.46. The fourth-order valence-electron chi connectivity index (χ4n) is 9.18. The van der Waals surface area contributed by atoms with Crippen molar-refractivity contribution in [2.24, 2.45) is 0 Å². The van der Waals surface area contributed by atoms with Crippen LogP contribution in [0.2, 0.25) is 0 Å². The maximum Gasteiger partial charge on any atom is -0.00199 e. The summed E-state index contributed by atoms with van der Waals surface area (Å²) in [6.07, 6.45) is 4.38. The van der Waals surface area contributed by atoms with Crippen LogP contribution in [0.5, 0.6) is 0 Å². The van der Waals surface area contributed by atoms with Crippen molar-refractivity contribution in [2.45, 2.75) is 0 Å². The van der Waals surface area contributed by atoms with Crippen LogP contribution in [-0.4, -0.2) is 0 Å². The van der Waals surface area contributed by atoms with E-state index in [0.717, 1.165) is 0 Å². The van der Waals surface area contributed by atoms with Gasteiger partial charge in [-0.1, -0.05) is 218 Å². The highest BCUT2D eigenvalue weighted by atomic mass is 14.2. The van der Waals surface area contributed by atoms with Crippen molar-refractivity contribution in [3.8, 4) is 44.5 Å². The summed E-state index contributed by atoms with van der Waals surface area (Å²) >= 11 is 0. The van der Waals surface area contributed by atoms with Gasteiger partial charge in [-0.05, 0) is 122 Å². The second kappa shape index (κ2) is 14.2. The molecule has 0 heterocycles. The molecule has 0 nitrogen and oxygen atoms in total. The molecule has 11 aromatic carbocycles. The van der Waals surface area contributed by atoms with Crippen LogP contribution >= 0.6 is 0 Å². The van der Waals surface area contributed by atoms with Crippen LogP contribution in [0.3, 0.4) is 0 Å². The molecule has 0 spiro atoms. The van der Waals surface area contributed by atoms with E-state index in [4.69, 9.17) is 0 Å². The van der Waals surface area contributed by atoms with E-state index in [-0.39, 0.29) is 0 Å². The van der Waals surface area contributed by atoms with Crippen molar-refractivity contribution in [1.29, 1.82) is 0 Å². The lowest BCUT2D eigenvalue weighted by molar-refractivity contribution is 1.61. The topological polar surface area (TPSA) is 0 Å². The van der Waals surface area contributed by atoms with E-state index >= 15 is 0 Å². The molecule has 0 aliphatic rings. The van der Waals surface area contributed by atoms with Crippen molar-refractivity contribution in [3.05, 3.63) is 230 Å². The third-order valence-corrected chi connectivity index (χ3v) is 11.8. The first-order valence-corrected chi connectivity index (χ1v) is 20.1. The number of hydrogen-bond acceptors (Lipinski definition) is 0. The molecule has 11 rings (SSSR count). The minimum Gasteiger partial charge on any atom is -0.0622 e. The second-order valence-corrected chi connectivity index (χ2v) is 15.2. The Morgan fingerprint density at radius 3 is 1.28 bits per heavy atom.